The van der Waals surface area contributed by atoms with Gasteiger partial charge in [0.25, 0.3) is 0 Å². The molecule has 20 heavy (non-hydrogen) atoms. The summed E-state index contributed by atoms with van der Waals surface area (Å²) >= 11 is 0. The van der Waals surface area contributed by atoms with Gasteiger partial charge in [-0.2, -0.15) is 4.98 Å². The first-order valence-electron chi connectivity index (χ1n) is 7.18. The van der Waals surface area contributed by atoms with Crippen LogP contribution >= 0.6 is 0 Å². The van der Waals surface area contributed by atoms with Crippen molar-refractivity contribution in [1.82, 2.24) is 15.3 Å². The average Bonchev–Trinajstić information content (AvgIpc) is 3.19. The van der Waals surface area contributed by atoms with Crippen LogP contribution in [-0.4, -0.2) is 42.1 Å². The molecule has 6 nitrogen and oxygen atoms in total. The van der Waals surface area contributed by atoms with E-state index in [4.69, 9.17) is 0 Å². The number of aromatic nitrogens is 2. The Kier molecular flexibility index (Phi) is 4.76. The normalized spacial score (nSPS) is 13.9. The van der Waals surface area contributed by atoms with Gasteiger partial charge in [-0.15, -0.1) is 0 Å². The highest BCUT2D eigenvalue weighted by Crippen LogP contribution is 2.19. The molecule has 0 saturated heterocycles. The fourth-order valence-corrected chi connectivity index (χ4v) is 1.86. The highest BCUT2D eigenvalue weighted by molar-refractivity contribution is 5.81. The molecule has 0 aliphatic heterocycles. The summed E-state index contributed by atoms with van der Waals surface area (Å²) in [6.45, 7) is 5.19. The summed E-state index contributed by atoms with van der Waals surface area (Å²) < 4.78 is 0. The van der Waals surface area contributed by atoms with Crippen LogP contribution in [0.4, 0.5) is 11.8 Å². The van der Waals surface area contributed by atoms with Crippen molar-refractivity contribution >= 4 is 17.7 Å². The summed E-state index contributed by atoms with van der Waals surface area (Å²) in [6, 6.07) is 2.28. The first-order chi connectivity index (χ1) is 9.58. The molecule has 0 atom stereocenters. The summed E-state index contributed by atoms with van der Waals surface area (Å²) in [7, 11) is 1.87. The highest BCUT2D eigenvalue weighted by Gasteiger charge is 2.23. The number of hydrogen-bond acceptors (Lipinski definition) is 5. The lowest BCUT2D eigenvalue weighted by atomic mass is 10.4. The second-order valence-corrected chi connectivity index (χ2v) is 5.32. The van der Waals surface area contributed by atoms with Crippen molar-refractivity contribution in [2.45, 2.75) is 39.2 Å². The van der Waals surface area contributed by atoms with Gasteiger partial charge in [0, 0.05) is 31.4 Å². The van der Waals surface area contributed by atoms with E-state index < -0.39 is 0 Å². The molecular formula is C14H23N5O. The second-order valence-electron chi connectivity index (χ2n) is 5.32. The second kappa shape index (κ2) is 6.54. The monoisotopic (exact) mass is 277 g/mol. The summed E-state index contributed by atoms with van der Waals surface area (Å²) in [5.74, 6) is 1.44. The SMILES string of the molecule is CCCNc1nc(C)cc(N(C)CC(=O)NC2CC2)n1. The van der Waals surface area contributed by atoms with Crippen molar-refractivity contribution in [3.63, 3.8) is 0 Å². The zero-order chi connectivity index (χ0) is 14.5. The van der Waals surface area contributed by atoms with Crippen LogP contribution in [0.3, 0.4) is 0 Å². The Bertz CT molecular complexity index is 473. The minimum absolute atomic E-state index is 0.0503. The Morgan fingerprint density at radius 3 is 2.85 bits per heavy atom. The van der Waals surface area contributed by atoms with E-state index in [1.165, 1.54) is 0 Å². The van der Waals surface area contributed by atoms with Gasteiger partial charge in [0.15, 0.2) is 0 Å². The smallest absolute Gasteiger partial charge is 0.239 e. The number of carbonyl (C=O) groups excluding carboxylic acids is 1. The lowest BCUT2D eigenvalue weighted by molar-refractivity contribution is -0.119. The number of nitrogens with one attached hydrogen (secondary N) is 2. The van der Waals surface area contributed by atoms with E-state index in [0.29, 0.717) is 18.5 Å². The molecule has 0 radical (unpaired) electrons. The minimum Gasteiger partial charge on any atom is -0.354 e. The predicted molar refractivity (Wildman–Crippen MR) is 80.0 cm³/mol. The topological polar surface area (TPSA) is 70.2 Å². The van der Waals surface area contributed by atoms with Gasteiger partial charge in [-0.25, -0.2) is 4.98 Å². The number of anilines is 2. The number of hydrogen-bond donors (Lipinski definition) is 2. The highest BCUT2D eigenvalue weighted by atomic mass is 16.2. The van der Waals surface area contributed by atoms with Gasteiger partial charge in [0.1, 0.15) is 5.82 Å². The van der Waals surface area contributed by atoms with E-state index in [2.05, 4.69) is 27.5 Å². The number of amides is 1. The van der Waals surface area contributed by atoms with E-state index >= 15 is 0 Å². The number of rotatable bonds is 7. The first kappa shape index (κ1) is 14.6. The number of carbonyl (C=O) groups is 1. The molecule has 1 fully saturated rings. The van der Waals surface area contributed by atoms with E-state index in [1.54, 1.807) is 0 Å². The van der Waals surface area contributed by atoms with E-state index in [9.17, 15) is 4.79 Å². The lowest BCUT2D eigenvalue weighted by Gasteiger charge is -2.18. The van der Waals surface area contributed by atoms with Gasteiger partial charge >= 0.3 is 0 Å². The van der Waals surface area contributed by atoms with Gasteiger partial charge < -0.3 is 15.5 Å². The van der Waals surface area contributed by atoms with Gasteiger partial charge in [0.05, 0.1) is 6.54 Å². The molecular weight excluding hydrogens is 254 g/mol. The Hall–Kier alpha value is -1.85. The molecule has 1 aliphatic carbocycles. The quantitative estimate of drug-likeness (QED) is 0.786. The molecule has 1 aromatic rings. The van der Waals surface area contributed by atoms with Gasteiger partial charge in [-0.3, -0.25) is 4.79 Å². The molecule has 1 saturated carbocycles. The van der Waals surface area contributed by atoms with Crippen molar-refractivity contribution in [1.29, 1.82) is 0 Å². The third kappa shape index (κ3) is 4.36. The third-order valence-electron chi connectivity index (χ3n) is 3.09. The summed E-state index contributed by atoms with van der Waals surface area (Å²) in [6.07, 6.45) is 3.23. The Morgan fingerprint density at radius 2 is 2.20 bits per heavy atom. The number of aryl methyl sites for hydroxylation is 1. The molecule has 0 aromatic carbocycles. The van der Waals surface area contributed by atoms with Gasteiger partial charge in [0.2, 0.25) is 11.9 Å². The molecule has 1 aromatic heterocycles. The van der Waals surface area contributed by atoms with Crippen molar-refractivity contribution in [3.8, 4) is 0 Å². The predicted octanol–water partition coefficient (Wildman–Crippen LogP) is 1.32. The Labute approximate surface area is 120 Å². The zero-order valence-corrected chi connectivity index (χ0v) is 12.4. The molecule has 1 amide bonds. The van der Waals surface area contributed by atoms with Crippen LogP contribution < -0.4 is 15.5 Å². The standard InChI is InChI=1S/C14H23N5O/c1-4-7-15-14-16-10(2)8-12(18-14)19(3)9-13(20)17-11-5-6-11/h8,11H,4-7,9H2,1-3H3,(H,17,20)(H,15,16,18). The van der Waals surface area contributed by atoms with E-state index in [-0.39, 0.29) is 5.91 Å². The van der Waals surface area contributed by atoms with Crippen LogP contribution in [0.25, 0.3) is 0 Å². The maximum Gasteiger partial charge on any atom is 0.239 e. The van der Waals surface area contributed by atoms with Gasteiger partial charge in [-0.05, 0) is 26.2 Å². The molecule has 0 spiro atoms. The molecule has 1 heterocycles. The Balaban J connectivity index is 1.98. The summed E-state index contributed by atoms with van der Waals surface area (Å²) in [4.78, 5) is 22.4. The molecule has 1 aliphatic rings. The third-order valence-corrected chi connectivity index (χ3v) is 3.09. The first-order valence-corrected chi connectivity index (χ1v) is 7.18. The molecule has 0 bridgehead atoms. The van der Waals surface area contributed by atoms with E-state index in [0.717, 1.165) is 37.3 Å². The fourth-order valence-electron chi connectivity index (χ4n) is 1.86. The molecule has 2 N–H and O–H groups in total. The van der Waals surface area contributed by atoms with Crippen molar-refractivity contribution in [2.24, 2.45) is 0 Å². The van der Waals surface area contributed by atoms with Crippen LogP contribution in [0.5, 0.6) is 0 Å². The largest absolute Gasteiger partial charge is 0.354 e. The minimum atomic E-state index is 0.0503. The summed E-state index contributed by atoms with van der Waals surface area (Å²) in [5.41, 5.74) is 0.892. The lowest BCUT2D eigenvalue weighted by Crippen LogP contribution is -2.36. The maximum atomic E-state index is 11.8. The van der Waals surface area contributed by atoms with Crippen LogP contribution in [0.1, 0.15) is 31.9 Å². The van der Waals surface area contributed by atoms with Gasteiger partial charge in [-0.1, -0.05) is 6.92 Å². The summed E-state index contributed by atoms with van der Waals surface area (Å²) in [5, 5.41) is 6.15. The molecule has 2 rings (SSSR count). The van der Waals surface area contributed by atoms with Crippen molar-refractivity contribution in [3.05, 3.63) is 11.8 Å². The molecule has 0 unspecified atom stereocenters. The van der Waals surface area contributed by atoms with Crippen LogP contribution in [0.2, 0.25) is 0 Å². The Morgan fingerprint density at radius 1 is 1.45 bits per heavy atom. The number of likely N-dealkylation sites (N-methyl/N-ethyl adjacent to an activating group) is 1. The van der Waals surface area contributed by atoms with Crippen LogP contribution in [0.15, 0.2) is 6.07 Å². The van der Waals surface area contributed by atoms with Crippen LogP contribution in [0, 0.1) is 6.92 Å². The zero-order valence-electron chi connectivity index (χ0n) is 12.4. The molecule has 6 heteroatoms. The maximum absolute atomic E-state index is 11.8. The number of nitrogens with zero attached hydrogens (tertiary/aromatic N) is 3. The van der Waals surface area contributed by atoms with Crippen LogP contribution in [-0.2, 0) is 4.79 Å². The van der Waals surface area contributed by atoms with Crippen molar-refractivity contribution < 1.29 is 4.79 Å². The van der Waals surface area contributed by atoms with E-state index in [1.807, 2.05) is 24.9 Å². The average molecular weight is 277 g/mol. The van der Waals surface area contributed by atoms with Crippen molar-refractivity contribution in [2.75, 3.05) is 30.4 Å². The fraction of sp³-hybridized carbons (Fsp3) is 0.643. The molecule has 110 valence electrons.